The van der Waals surface area contributed by atoms with Crippen molar-refractivity contribution in [2.75, 3.05) is 0 Å². The van der Waals surface area contributed by atoms with E-state index in [0.717, 1.165) is 30.8 Å². The predicted molar refractivity (Wildman–Crippen MR) is 95.6 cm³/mol. The lowest BCUT2D eigenvalue weighted by atomic mass is 10.1. The van der Waals surface area contributed by atoms with E-state index in [1.54, 1.807) is 30.3 Å². The van der Waals surface area contributed by atoms with Crippen LogP contribution in [0, 0.1) is 0 Å². The van der Waals surface area contributed by atoms with Gasteiger partial charge in [0.25, 0.3) is 0 Å². The average Bonchev–Trinajstić information content (AvgIpc) is 2.59. The molecule has 0 saturated carbocycles. The lowest BCUT2D eigenvalue weighted by Crippen LogP contribution is -1.87. The number of allylic oxidation sites excluding steroid dienone is 1. The molecule has 0 N–H and O–H groups in total. The molecule has 0 fully saturated rings. The van der Waals surface area contributed by atoms with E-state index in [-0.39, 0.29) is 5.83 Å². The van der Waals surface area contributed by atoms with E-state index in [9.17, 15) is 4.39 Å². The second-order valence-electron chi connectivity index (χ2n) is 5.71. The van der Waals surface area contributed by atoms with Gasteiger partial charge in [0.05, 0.1) is 0 Å². The summed E-state index contributed by atoms with van der Waals surface area (Å²) in [4.78, 5) is 0. The van der Waals surface area contributed by atoms with Crippen molar-refractivity contribution < 1.29 is 9.13 Å². The summed E-state index contributed by atoms with van der Waals surface area (Å²) >= 11 is 0. The summed E-state index contributed by atoms with van der Waals surface area (Å²) in [5.41, 5.74) is 1.93. The maximum Gasteiger partial charge on any atom is 0.127 e. The monoisotopic (exact) mass is 312 g/mol. The van der Waals surface area contributed by atoms with Gasteiger partial charge in [-0.15, -0.1) is 0 Å². The fourth-order valence-electron chi connectivity index (χ4n) is 2.31. The SMILES string of the molecule is CCC/C=C(/F)c1ccc(Oc2ccc(CCCC)cc2)cc1. The number of hydrogen-bond donors (Lipinski definition) is 0. The lowest BCUT2D eigenvalue weighted by molar-refractivity contribution is 0.482. The Hall–Kier alpha value is -2.09. The van der Waals surface area contributed by atoms with Crippen molar-refractivity contribution in [2.45, 2.75) is 46.0 Å². The van der Waals surface area contributed by atoms with Crippen LogP contribution in [0.4, 0.5) is 4.39 Å². The maximum atomic E-state index is 13.8. The third-order valence-corrected chi connectivity index (χ3v) is 3.72. The van der Waals surface area contributed by atoms with Crippen LogP contribution in [-0.2, 0) is 6.42 Å². The van der Waals surface area contributed by atoms with Crippen molar-refractivity contribution in [3.05, 3.63) is 65.7 Å². The summed E-state index contributed by atoms with van der Waals surface area (Å²) < 4.78 is 19.7. The molecule has 0 aliphatic rings. The molecule has 23 heavy (non-hydrogen) atoms. The number of ether oxygens (including phenoxy) is 1. The number of benzene rings is 2. The van der Waals surface area contributed by atoms with Crippen LogP contribution in [-0.4, -0.2) is 0 Å². The van der Waals surface area contributed by atoms with Gasteiger partial charge in [0, 0.05) is 5.56 Å². The summed E-state index contributed by atoms with van der Waals surface area (Å²) in [5, 5.41) is 0. The number of unbranched alkanes of at least 4 members (excludes halogenated alkanes) is 2. The van der Waals surface area contributed by atoms with Crippen molar-refractivity contribution in [3.8, 4) is 11.5 Å². The molecule has 0 bridgehead atoms. The van der Waals surface area contributed by atoms with Gasteiger partial charge in [-0.05, 0) is 67.3 Å². The molecule has 0 unspecified atom stereocenters. The van der Waals surface area contributed by atoms with Crippen LogP contribution in [0.15, 0.2) is 54.6 Å². The van der Waals surface area contributed by atoms with E-state index in [1.807, 2.05) is 19.1 Å². The van der Waals surface area contributed by atoms with Gasteiger partial charge >= 0.3 is 0 Å². The van der Waals surface area contributed by atoms with Crippen LogP contribution in [0.5, 0.6) is 11.5 Å². The number of hydrogen-bond acceptors (Lipinski definition) is 1. The van der Waals surface area contributed by atoms with E-state index in [4.69, 9.17) is 4.74 Å². The van der Waals surface area contributed by atoms with E-state index in [2.05, 4.69) is 19.1 Å². The first-order valence-corrected chi connectivity index (χ1v) is 8.45. The lowest BCUT2D eigenvalue weighted by Gasteiger charge is -2.07. The highest BCUT2D eigenvalue weighted by Crippen LogP contribution is 2.25. The zero-order valence-electron chi connectivity index (χ0n) is 14.0. The molecule has 2 heteroatoms. The van der Waals surface area contributed by atoms with Crippen LogP contribution < -0.4 is 4.74 Å². The second-order valence-corrected chi connectivity index (χ2v) is 5.71. The average molecular weight is 312 g/mol. The molecule has 0 aliphatic heterocycles. The Morgan fingerprint density at radius 2 is 1.52 bits per heavy atom. The highest BCUT2D eigenvalue weighted by molar-refractivity contribution is 5.59. The molecule has 2 aromatic carbocycles. The smallest absolute Gasteiger partial charge is 0.127 e. The quantitative estimate of drug-likeness (QED) is 0.513. The third-order valence-electron chi connectivity index (χ3n) is 3.72. The molecule has 2 rings (SSSR count). The number of halogens is 1. The van der Waals surface area contributed by atoms with Gasteiger partial charge < -0.3 is 4.74 Å². The van der Waals surface area contributed by atoms with Crippen LogP contribution >= 0.6 is 0 Å². The van der Waals surface area contributed by atoms with E-state index in [0.29, 0.717) is 5.56 Å². The van der Waals surface area contributed by atoms with Crippen molar-refractivity contribution in [1.82, 2.24) is 0 Å². The Morgan fingerprint density at radius 3 is 2.09 bits per heavy atom. The zero-order valence-corrected chi connectivity index (χ0v) is 14.0. The van der Waals surface area contributed by atoms with Gasteiger partial charge in [0.2, 0.25) is 0 Å². The van der Waals surface area contributed by atoms with Crippen molar-refractivity contribution in [2.24, 2.45) is 0 Å². The van der Waals surface area contributed by atoms with Gasteiger partial charge in [-0.2, -0.15) is 0 Å². The number of aryl methyl sites for hydroxylation is 1. The van der Waals surface area contributed by atoms with Gasteiger partial charge in [-0.3, -0.25) is 0 Å². The molecule has 0 aromatic heterocycles. The summed E-state index contributed by atoms with van der Waals surface area (Å²) in [6, 6.07) is 15.3. The summed E-state index contributed by atoms with van der Waals surface area (Å²) in [6.45, 7) is 4.23. The minimum Gasteiger partial charge on any atom is -0.457 e. The summed E-state index contributed by atoms with van der Waals surface area (Å²) in [6.07, 6.45) is 6.85. The van der Waals surface area contributed by atoms with Crippen LogP contribution in [0.3, 0.4) is 0 Å². The van der Waals surface area contributed by atoms with Gasteiger partial charge in [0.15, 0.2) is 0 Å². The minimum absolute atomic E-state index is 0.168. The summed E-state index contributed by atoms with van der Waals surface area (Å²) in [5.74, 6) is 1.36. The van der Waals surface area contributed by atoms with Crippen LogP contribution in [0.1, 0.15) is 50.7 Å². The minimum atomic E-state index is -0.168. The van der Waals surface area contributed by atoms with Gasteiger partial charge in [0.1, 0.15) is 17.3 Å². The van der Waals surface area contributed by atoms with Crippen LogP contribution in [0.2, 0.25) is 0 Å². The Morgan fingerprint density at radius 1 is 0.913 bits per heavy atom. The van der Waals surface area contributed by atoms with Crippen molar-refractivity contribution >= 4 is 5.83 Å². The van der Waals surface area contributed by atoms with E-state index >= 15 is 0 Å². The highest BCUT2D eigenvalue weighted by atomic mass is 19.1. The fraction of sp³-hybridized carbons (Fsp3) is 0.333. The van der Waals surface area contributed by atoms with Crippen molar-refractivity contribution in [3.63, 3.8) is 0 Å². The zero-order chi connectivity index (χ0) is 16.5. The first-order valence-electron chi connectivity index (χ1n) is 8.45. The molecule has 1 nitrogen and oxygen atoms in total. The normalized spacial score (nSPS) is 11.5. The third kappa shape index (κ3) is 5.55. The molecule has 0 saturated heterocycles. The first-order chi connectivity index (χ1) is 11.2. The molecular weight excluding hydrogens is 287 g/mol. The Balaban J connectivity index is 1.97. The van der Waals surface area contributed by atoms with Crippen molar-refractivity contribution in [1.29, 1.82) is 0 Å². The fourth-order valence-corrected chi connectivity index (χ4v) is 2.31. The molecule has 0 aliphatic carbocycles. The summed E-state index contributed by atoms with van der Waals surface area (Å²) in [7, 11) is 0. The molecule has 0 atom stereocenters. The van der Waals surface area contributed by atoms with Gasteiger partial charge in [-0.25, -0.2) is 4.39 Å². The number of rotatable bonds is 8. The van der Waals surface area contributed by atoms with Crippen LogP contribution in [0.25, 0.3) is 5.83 Å². The Kier molecular flexibility index (Phi) is 6.86. The Bertz CT molecular complexity index is 611. The maximum absolute atomic E-state index is 13.8. The Labute approximate surface area is 138 Å². The molecule has 0 amide bonds. The highest BCUT2D eigenvalue weighted by Gasteiger charge is 2.02. The predicted octanol–water partition coefficient (Wildman–Crippen LogP) is 6.93. The molecule has 0 radical (unpaired) electrons. The molecule has 0 heterocycles. The second kappa shape index (κ2) is 9.14. The molecule has 122 valence electrons. The molecular formula is C21H25FO. The van der Waals surface area contributed by atoms with E-state index in [1.165, 1.54) is 18.4 Å². The van der Waals surface area contributed by atoms with E-state index < -0.39 is 0 Å². The molecule has 2 aromatic rings. The topological polar surface area (TPSA) is 9.23 Å². The largest absolute Gasteiger partial charge is 0.457 e. The molecule has 0 spiro atoms. The van der Waals surface area contributed by atoms with Gasteiger partial charge in [-0.1, -0.05) is 38.8 Å². The first kappa shape index (κ1) is 17.3. The standard InChI is InChI=1S/C21H25FO/c1-3-5-7-17-9-13-19(14-10-17)23-20-15-11-18(12-16-20)21(22)8-6-4-2/h8-16H,3-7H2,1-2H3/b21-8+.